The fourth-order valence-electron chi connectivity index (χ4n) is 9.62. The third-order valence-corrected chi connectivity index (χ3v) is 12.4. The van der Waals surface area contributed by atoms with Gasteiger partial charge in [-0.2, -0.15) is 0 Å². The monoisotopic (exact) mass is 574 g/mol. The van der Waals surface area contributed by atoms with Crippen LogP contribution in [-0.2, 0) is 9.53 Å². The summed E-state index contributed by atoms with van der Waals surface area (Å²) in [7, 11) is 0. The molecule has 0 aromatic heterocycles. The molecule has 0 N–H and O–H groups in total. The van der Waals surface area contributed by atoms with Crippen LogP contribution in [-0.4, -0.2) is 22.2 Å². The van der Waals surface area contributed by atoms with Crippen molar-refractivity contribution in [3.05, 3.63) is 0 Å². The van der Waals surface area contributed by atoms with E-state index in [2.05, 4.69) is 57.2 Å². The molecule has 0 aromatic carbocycles. The van der Waals surface area contributed by atoms with Gasteiger partial charge in [0.2, 0.25) is 0 Å². The Morgan fingerprint density at radius 2 is 1.70 bits per heavy atom. The summed E-state index contributed by atoms with van der Waals surface area (Å²) in [6.45, 7) is 13.7. The van der Waals surface area contributed by atoms with Gasteiger partial charge in [0.1, 0.15) is 12.3 Å². The number of hydrogen-bond acceptors (Lipinski definition) is 2. The lowest BCUT2D eigenvalue weighted by Crippen LogP contribution is -2.61. The highest BCUT2D eigenvalue weighted by Crippen LogP contribution is 2.69. The van der Waals surface area contributed by atoms with Gasteiger partial charge in [-0.05, 0) is 91.3 Å². The molecule has 0 spiro atoms. The van der Waals surface area contributed by atoms with E-state index in [9.17, 15) is 4.79 Å². The van der Waals surface area contributed by atoms with Crippen molar-refractivity contribution in [2.75, 3.05) is 0 Å². The Hall–Kier alpha value is 0.130. The number of carbonyl (C=O) groups excluding carboxylic acids is 1. The van der Waals surface area contributed by atoms with Gasteiger partial charge in [0.25, 0.3) is 0 Å². The zero-order valence-corrected chi connectivity index (χ0v) is 24.1. The summed E-state index contributed by atoms with van der Waals surface area (Å²) in [5, 5.41) is 0. The fourth-order valence-corrected chi connectivity index (χ4v) is 11.4. The van der Waals surface area contributed by atoms with Crippen LogP contribution in [0.1, 0.15) is 106 Å². The quantitative estimate of drug-likeness (QED) is 0.181. The molecule has 1 unspecified atom stereocenters. The third-order valence-electron chi connectivity index (χ3n) is 11.1. The van der Waals surface area contributed by atoms with Gasteiger partial charge in [0.15, 0.2) is 0 Å². The standard InChI is InChI=1S/C29H48FIO2/c1-17(2)8-7-9-18(3)21-10-11-22-20-16-24(31)26-27(30)25(33-19(4)32)13-15-29(26,6)23(20)12-14-28(21,22)5/h17-18,20-27H,7-16H2,1-6H3/t18-,20+,21-,22+,23+,24-,25+,26?,27-,28-,29-/m1/s1. The molecule has 0 radical (unpaired) electrons. The van der Waals surface area contributed by atoms with Crippen LogP contribution >= 0.6 is 22.6 Å². The Bertz CT molecular complexity index is 712. The molecule has 4 aliphatic rings. The lowest BCUT2D eigenvalue weighted by Gasteiger charge is -2.63. The highest BCUT2D eigenvalue weighted by Gasteiger charge is 2.64. The second kappa shape index (κ2) is 9.88. The van der Waals surface area contributed by atoms with Gasteiger partial charge in [-0.25, -0.2) is 4.39 Å². The molecular weight excluding hydrogens is 526 g/mol. The highest BCUT2D eigenvalue weighted by atomic mass is 127. The molecule has 0 amide bonds. The van der Waals surface area contributed by atoms with Crippen molar-refractivity contribution in [1.29, 1.82) is 0 Å². The van der Waals surface area contributed by atoms with Gasteiger partial charge < -0.3 is 4.74 Å². The minimum absolute atomic E-state index is 0.0222. The SMILES string of the molecule is CC(=O)O[C@H]1CC[C@@]2(C)C([C@H](I)C[C@H]3[C@@H]4CC[C@H]([C@H](C)CCCC(C)C)[C@@]4(C)CC[C@@H]32)[C@@H]1F. The van der Waals surface area contributed by atoms with Crippen LogP contribution in [0.15, 0.2) is 0 Å². The van der Waals surface area contributed by atoms with E-state index < -0.39 is 12.3 Å². The molecule has 2 nitrogen and oxygen atoms in total. The second-order valence-corrected chi connectivity index (χ2v) is 14.9. The van der Waals surface area contributed by atoms with Crippen LogP contribution in [0.3, 0.4) is 0 Å². The number of rotatable bonds is 6. The van der Waals surface area contributed by atoms with Crippen molar-refractivity contribution < 1.29 is 13.9 Å². The lowest BCUT2D eigenvalue weighted by molar-refractivity contribution is -0.175. The van der Waals surface area contributed by atoms with E-state index in [1.165, 1.54) is 51.9 Å². The van der Waals surface area contributed by atoms with Crippen molar-refractivity contribution >= 4 is 28.6 Å². The molecule has 0 aromatic rings. The van der Waals surface area contributed by atoms with Crippen molar-refractivity contribution in [3.63, 3.8) is 0 Å². The highest BCUT2D eigenvalue weighted by molar-refractivity contribution is 14.1. The van der Waals surface area contributed by atoms with Crippen LogP contribution in [0.4, 0.5) is 4.39 Å². The van der Waals surface area contributed by atoms with Gasteiger partial charge >= 0.3 is 5.97 Å². The number of halogens is 2. The summed E-state index contributed by atoms with van der Waals surface area (Å²) in [6, 6.07) is 0. The first-order valence-corrected chi connectivity index (χ1v) is 15.2. The molecule has 0 aliphatic heterocycles. The maximum absolute atomic E-state index is 15.8. The predicted octanol–water partition coefficient (Wildman–Crippen LogP) is 8.40. The number of hydrogen-bond donors (Lipinski definition) is 0. The summed E-state index contributed by atoms with van der Waals surface area (Å²) in [6.07, 6.45) is 10.8. The second-order valence-electron chi connectivity index (χ2n) is 13.3. The van der Waals surface area contributed by atoms with Gasteiger partial charge in [-0.1, -0.05) is 76.5 Å². The van der Waals surface area contributed by atoms with E-state index in [1.54, 1.807) is 0 Å². The summed E-state index contributed by atoms with van der Waals surface area (Å²) >= 11 is 2.57. The molecule has 4 fully saturated rings. The first kappa shape index (κ1) is 26.2. The molecule has 0 saturated heterocycles. The molecular formula is C29H48FIO2. The Morgan fingerprint density at radius 1 is 1.03 bits per heavy atom. The van der Waals surface area contributed by atoms with Crippen molar-refractivity contribution in [3.8, 4) is 0 Å². The first-order chi connectivity index (χ1) is 15.5. The Morgan fingerprint density at radius 3 is 2.36 bits per heavy atom. The normalized spacial score (nSPS) is 48.0. The number of alkyl halides is 2. The molecule has 190 valence electrons. The Labute approximate surface area is 216 Å². The Kier molecular flexibility index (Phi) is 7.85. The number of ether oxygens (including phenoxy) is 1. The van der Waals surface area contributed by atoms with Crippen molar-refractivity contribution in [2.45, 2.75) is 122 Å². The van der Waals surface area contributed by atoms with Crippen molar-refractivity contribution in [2.24, 2.45) is 52.3 Å². The summed E-state index contributed by atoms with van der Waals surface area (Å²) in [5.74, 6) is 4.39. The minimum atomic E-state index is -1.01. The van der Waals surface area contributed by atoms with Crippen molar-refractivity contribution in [1.82, 2.24) is 0 Å². The molecule has 0 heterocycles. The van der Waals surface area contributed by atoms with Crippen LogP contribution in [0, 0.1) is 52.3 Å². The van der Waals surface area contributed by atoms with E-state index in [0.717, 1.165) is 42.4 Å². The maximum atomic E-state index is 15.8. The molecule has 4 saturated carbocycles. The topological polar surface area (TPSA) is 26.3 Å². The molecule has 33 heavy (non-hydrogen) atoms. The van der Waals surface area contributed by atoms with E-state index in [0.29, 0.717) is 21.7 Å². The summed E-state index contributed by atoms with van der Waals surface area (Å²) < 4.78 is 21.6. The van der Waals surface area contributed by atoms with E-state index in [-0.39, 0.29) is 17.3 Å². The zero-order valence-electron chi connectivity index (χ0n) is 21.9. The van der Waals surface area contributed by atoms with Crippen LogP contribution in [0.2, 0.25) is 0 Å². The molecule has 4 aliphatic carbocycles. The average Bonchev–Trinajstić information content (AvgIpc) is 3.07. The van der Waals surface area contributed by atoms with E-state index in [1.807, 2.05) is 0 Å². The Balaban J connectivity index is 1.50. The molecule has 4 rings (SSSR count). The predicted molar refractivity (Wildman–Crippen MR) is 142 cm³/mol. The van der Waals surface area contributed by atoms with Crippen LogP contribution in [0.25, 0.3) is 0 Å². The maximum Gasteiger partial charge on any atom is 0.303 e. The van der Waals surface area contributed by atoms with Gasteiger partial charge in [0, 0.05) is 16.8 Å². The average molecular weight is 575 g/mol. The number of fused-ring (bicyclic) bond motifs is 5. The summed E-state index contributed by atoms with van der Waals surface area (Å²) in [4.78, 5) is 11.6. The fraction of sp³-hybridized carbons (Fsp3) is 0.966. The number of carbonyl (C=O) groups is 1. The summed E-state index contributed by atoms with van der Waals surface area (Å²) in [5.41, 5.74) is 0.523. The smallest absolute Gasteiger partial charge is 0.303 e. The van der Waals surface area contributed by atoms with Gasteiger partial charge in [0.05, 0.1) is 0 Å². The molecule has 11 atom stereocenters. The molecule has 4 heteroatoms. The van der Waals surface area contributed by atoms with Gasteiger partial charge in [-0.15, -0.1) is 0 Å². The zero-order chi connectivity index (χ0) is 24.1. The van der Waals surface area contributed by atoms with E-state index >= 15 is 4.39 Å². The first-order valence-electron chi connectivity index (χ1n) is 13.9. The van der Waals surface area contributed by atoms with Crippen LogP contribution in [0.5, 0.6) is 0 Å². The minimum Gasteiger partial charge on any atom is -0.459 e. The van der Waals surface area contributed by atoms with Gasteiger partial charge in [-0.3, -0.25) is 4.79 Å². The lowest BCUT2D eigenvalue weighted by atomic mass is 9.44. The van der Waals surface area contributed by atoms with E-state index in [4.69, 9.17) is 4.74 Å². The third kappa shape index (κ3) is 4.66. The molecule has 0 bridgehead atoms. The van der Waals surface area contributed by atoms with Crippen LogP contribution < -0.4 is 0 Å². The number of esters is 1. The largest absolute Gasteiger partial charge is 0.459 e.